The molecule has 0 aliphatic rings. The van der Waals surface area contributed by atoms with Crippen LogP contribution in [-0.4, -0.2) is 70.0 Å². The summed E-state index contributed by atoms with van der Waals surface area (Å²) in [5.74, 6) is -0.840. The molecule has 10 heteroatoms. The number of likely N-dealkylation sites (N-methyl/N-ethyl adjacent to an activating group) is 1. The second kappa shape index (κ2) is 44.9. The van der Waals surface area contributed by atoms with Crippen molar-refractivity contribution in [2.75, 3.05) is 47.5 Å². The molecule has 0 aliphatic heterocycles. The van der Waals surface area contributed by atoms with Gasteiger partial charge in [0, 0.05) is 12.8 Å². The second-order valence-electron chi connectivity index (χ2n) is 18.2. The van der Waals surface area contributed by atoms with Gasteiger partial charge >= 0.3 is 11.9 Å². The van der Waals surface area contributed by atoms with Crippen LogP contribution in [0, 0.1) is 0 Å². The van der Waals surface area contributed by atoms with Crippen molar-refractivity contribution < 1.29 is 42.1 Å². The molecule has 63 heavy (non-hydrogen) atoms. The fourth-order valence-electron chi connectivity index (χ4n) is 6.86. The number of unbranched alkanes of at least 4 members (excludes halogenated alkanes) is 22. The number of phosphoric ester groups is 1. The van der Waals surface area contributed by atoms with E-state index >= 15 is 0 Å². The van der Waals surface area contributed by atoms with Crippen LogP contribution in [-0.2, 0) is 32.7 Å². The zero-order valence-electron chi connectivity index (χ0n) is 41.3. The topological polar surface area (TPSA) is 111 Å². The highest BCUT2D eigenvalue weighted by atomic mass is 31.2. The first-order valence-corrected chi connectivity index (χ1v) is 27.0. The van der Waals surface area contributed by atoms with E-state index in [1.165, 1.54) is 96.3 Å². The molecule has 2 atom stereocenters. The third-order valence-corrected chi connectivity index (χ3v) is 11.8. The summed E-state index contributed by atoms with van der Waals surface area (Å²) in [5, 5.41) is 0. The van der Waals surface area contributed by atoms with Crippen molar-refractivity contribution in [2.45, 2.75) is 219 Å². The van der Waals surface area contributed by atoms with Gasteiger partial charge < -0.3 is 27.9 Å². The summed E-state index contributed by atoms with van der Waals surface area (Å²) in [7, 11) is 1.17. The molecule has 0 radical (unpaired) electrons. The van der Waals surface area contributed by atoms with Gasteiger partial charge in [0.1, 0.15) is 19.8 Å². The van der Waals surface area contributed by atoms with Crippen molar-refractivity contribution in [3.63, 3.8) is 0 Å². The number of carbonyl (C=O) groups is 2. The fraction of sp³-hybridized carbons (Fsp3) is 0.774. The highest BCUT2D eigenvalue weighted by Crippen LogP contribution is 2.38. The van der Waals surface area contributed by atoms with Crippen LogP contribution < -0.4 is 4.89 Å². The number of esters is 2. The lowest BCUT2D eigenvalue weighted by atomic mass is 10.0. The van der Waals surface area contributed by atoms with E-state index < -0.39 is 32.5 Å². The molecule has 0 aromatic carbocycles. The zero-order valence-corrected chi connectivity index (χ0v) is 42.2. The highest BCUT2D eigenvalue weighted by Gasteiger charge is 2.21. The molecule has 0 fully saturated rings. The van der Waals surface area contributed by atoms with Crippen molar-refractivity contribution >= 4 is 19.8 Å². The Hall–Kier alpha value is -2.29. The Labute approximate surface area is 387 Å². The third kappa shape index (κ3) is 49.0. The van der Waals surface area contributed by atoms with Crippen LogP contribution in [0.4, 0.5) is 0 Å². The van der Waals surface area contributed by atoms with E-state index in [0.29, 0.717) is 17.4 Å². The molecule has 0 bridgehead atoms. The van der Waals surface area contributed by atoms with Crippen molar-refractivity contribution in [2.24, 2.45) is 0 Å². The van der Waals surface area contributed by atoms with Gasteiger partial charge in [0.25, 0.3) is 7.82 Å². The normalized spacial score (nSPS) is 13.9. The minimum Gasteiger partial charge on any atom is -0.756 e. The maximum Gasteiger partial charge on any atom is 0.306 e. The van der Waals surface area contributed by atoms with Crippen LogP contribution in [0.25, 0.3) is 0 Å². The van der Waals surface area contributed by atoms with Gasteiger partial charge in [-0.1, -0.05) is 203 Å². The standard InChI is InChI=1S/C53H96NO8P/c1-6-8-10-12-14-15-16-17-18-19-20-21-22-23-24-25-26-27-28-29-30-31-32-33-34-35-36-37-38-39-40-42-44-46-53(56)62-51(49-59-52(55)45-43-41-13-11-9-7-2)50-61-63(57,58)60-48-47-54(3,4)5/h8,10,14-15,17-18,20-21,23-24,51H,6-7,9,11-13,16,19,22,25-50H2,1-5H3/b10-8-,15-14-,18-17-,21-20-,24-23-. The van der Waals surface area contributed by atoms with E-state index in [1.54, 1.807) is 0 Å². The van der Waals surface area contributed by atoms with Crippen LogP contribution in [0.2, 0.25) is 0 Å². The Morgan fingerprint density at radius 3 is 1.35 bits per heavy atom. The van der Waals surface area contributed by atoms with Gasteiger partial charge in [-0.25, -0.2) is 0 Å². The van der Waals surface area contributed by atoms with E-state index in [1.807, 2.05) is 21.1 Å². The first-order chi connectivity index (χ1) is 30.5. The van der Waals surface area contributed by atoms with Crippen molar-refractivity contribution in [1.29, 1.82) is 0 Å². The lowest BCUT2D eigenvalue weighted by Crippen LogP contribution is -2.37. The monoisotopic (exact) mass is 906 g/mol. The Morgan fingerprint density at radius 1 is 0.508 bits per heavy atom. The van der Waals surface area contributed by atoms with Crippen LogP contribution in [0.3, 0.4) is 0 Å². The zero-order chi connectivity index (χ0) is 46.4. The first-order valence-electron chi connectivity index (χ1n) is 25.5. The van der Waals surface area contributed by atoms with Crippen LogP contribution in [0.15, 0.2) is 60.8 Å². The van der Waals surface area contributed by atoms with E-state index in [0.717, 1.165) is 83.5 Å². The number of hydrogen-bond donors (Lipinski definition) is 0. The lowest BCUT2D eigenvalue weighted by Gasteiger charge is -2.28. The molecule has 0 heterocycles. The summed E-state index contributed by atoms with van der Waals surface area (Å²) < 4.78 is 33.8. The van der Waals surface area contributed by atoms with Crippen molar-refractivity contribution in [3.05, 3.63) is 60.8 Å². The number of hydrogen-bond acceptors (Lipinski definition) is 8. The molecular weight excluding hydrogens is 810 g/mol. The molecule has 2 unspecified atom stereocenters. The summed E-state index contributed by atoms with van der Waals surface area (Å²) in [6.07, 6.45) is 56.0. The smallest absolute Gasteiger partial charge is 0.306 e. The summed E-state index contributed by atoms with van der Waals surface area (Å²) in [4.78, 5) is 37.3. The molecular formula is C53H96NO8P. The van der Waals surface area contributed by atoms with Crippen molar-refractivity contribution in [3.8, 4) is 0 Å². The Bertz CT molecular complexity index is 1250. The van der Waals surface area contributed by atoms with Crippen LogP contribution in [0.5, 0.6) is 0 Å². The fourth-order valence-corrected chi connectivity index (χ4v) is 7.59. The number of nitrogens with zero attached hydrogens (tertiary/aromatic N) is 1. The molecule has 0 N–H and O–H groups in total. The van der Waals surface area contributed by atoms with Gasteiger partial charge in [-0.05, 0) is 57.8 Å². The summed E-state index contributed by atoms with van der Waals surface area (Å²) in [5.41, 5.74) is 0. The van der Waals surface area contributed by atoms with E-state index in [-0.39, 0.29) is 26.1 Å². The molecule has 0 rings (SSSR count). The second-order valence-corrected chi connectivity index (χ2v) is 19.6. The summed E-state index contributed by atoms with van der Waals surface area (Å²) >= 11 is 0. The van der Waals surface area contributed by atoms with Crippen molar-refractivity contribution in [1.82, 2.24) is 0 Å². The number of ether oxygens (including phenoxy) is 2. The number of quaternary nitrogens is 1. The van der Waals surface area contributed by atoms with Gasteiger partial charge in [0.05, 0.1) is 27.7 Å². The van der Waals surface area contributed by atoms with Gasteiger partial charge in [-0.2, -0.15) is 0 Å². The van der Waals surface area contributed by atoms with Gasteiger partial charge in [0.15, 0.2) is 6.10 Å². The molecule has 0 amide bonds. The largest absolute Gasteiger partial charge is 0.756 e. The molecule has 0 saturated heterocycles. The molecule has 0 aromatic rings. The Balaban J connectivity index is 3.91. The molecule has 0 saturated carbocycles. The van der Waals surface area contributed by atoms with Gasteiger partial charge in [-0.15, -0.1) is 0 Å². The average molecular weight is 906 g/mol. The number of rotatable bonds is 46. The predicted molar refractivity (Wildman–Crippen MR) is 263 cm³/mol. The number of carbonyl (C=O) groups excluding carboxylic acids is 2. The first kappa shape index (κ1) is 60.7. The highest BCUT2D eigenvalue weighted by molar-refractivity contribution is 7.45. The maximum absolute atomic E-state index is 12.7. The van der Waals surface area contributed by atoms with Crippen LogP contribution in [0.1, 0.15) is 213 Å². The number of allylic oxidation sites excluding steroid dienone is 10. The quantitative estimate of drug-likeness (QED) is 0.0195. The Morgan fingerprint density at radius 2 is 0.905 bits per heavy atom. The lowest BCUT2D eigenvalue weighted by molar-refractivity contribution is -0.870. The Kier molecular flexibility index (Phi) is 43.3. The van der Waals surface area contributed by atoms with E-state index in [2.05, 4.69) is 74.6 Å². The maximum atomic E-state index is 12.7. The molecule has 0 aromatic heterocycles. The third-order valence-electron chi connectivity index (χ3n) is 10.8. The molecule has 0 spiro atoms. The van der Waals surface area contributed by atoms with Gasteiger partial charge in [-0.3, -0.25) is 14.2 Å². The SMILES string of the molecule is CC/C=C\C/C=C\C/C=C\C/C=C\C/C=C\CCCCCCCCCCCCCCCCCCCC(=O)OC(COC(=O)CCCCCCCC)COP(=O)([O-])OCC[N+](C)(C)C. The van der Waals surface area contributed by atoms with Gasteiger partial charge in [0.2, 0.25) is 0 Å². The summed E-state index contributed by atoms with van der Waals surface area (Å²) in [6, 6.07) is 0. The van der Waals surface area contributed by atoms with E-state index in [9.17, 15) is 19.0 Å². The minimum atomic E-state index is -4.62. The molecule has 9 nitrogen and oxygen atoms in total. The number of phosphoric acid groups is 1. The molecule has 0 aliphatic carbocycles. The predicted octanol–water partition coefficient (Wildman–Crippen LogP) is 14.6. The van der Waals surface area contributed by atoms with E-state index in [4.69, 9.17) is 18.5 Å². The summed E-state index contributed by atoms with van der Waals surface area (Å²) in [6.45, 7) is 4.05. The average Bonchev–Trinajstić information content (AvgIpc) is 3.24. The minimum absolute atomic E-state index is 0.0305. The van der Waals surface area contributed by atoms with Crippen LogP contribution >= 0.6 is 7.82 Å². The molecule has 366 valence electrons.